The lowest BCUT2D eigenvalue weighted by Gasteiger charge is -2.23. The summed E-state index contributed by atoms with van der Waals surface area (Å²) < 4.78 is 5.82. The van der Waals surface area contributed by atoms with Crippen LogP contribution in [0, 0.1) is 0 Å². The summed E-state index contributed by atoms with van der Waals surface area (Å²) in [6, 6.07) is 15.6. The number of amides is 1. The van der Waals surface area contributed by atoms with E-state index in [-0.39, 0.29) is 24.4 Å². The van der Waals surface area contributed by atoms with Gasteiger partial charge in [0.25, 0.3) is 0 Å². The summed E-state index contributed by atoms with van der Waals surface area (Å²) in [6.45, 7) is 2.42. The van der Waals surface area contributed by atoms with Crippen molar-refractivity contribution < 1.29 is 9.53 Å². The van der Waals surface area contributed by atoms with Crippen molar-refractivity contribution in [2.75, 3.05) is 13.1 Å². The molecule has 6 heteroatoms. The molecule has 2 aromatic rings. The lowest BCUT2D eigenvalue weighted by atomic mass is 10.1. The third kappa shape index (κ3) is 6.52. The summed E-state index contributed by atoms with van der Waals surface area (Å²) in [4.78, 5) is 12.2. The quantitative estimate of drug-likeness (QED) is 0.783. The predicted molar refractivity (Wildman–Crippen MR) is 107 cm³/mol. The molecule has 1 saturated heterocycles. The summed E-state index contributed by atoms with van der Waals surface area (Å²) in [7, 11) is 0. The number of rotatable bonds is 6. The number of carbonyl (C=O) groups is 1. The summed E-state index contributed by atoms with van der Waals surface area (Å²) >= 11 is 5.89. The molecule has 1 aliphatic rings. The van der Waals surface area contributed by atoms with Gasteiger partial charge in [0.15, 0.2) is 0 Å². The Bertz CT molecular complexity index is 701. The molecular weight excluding hydrogens is 371 g/mol. The third-order valence-electron chi connectivity index (χ3n) is 4.29. The van der Waals surface area contributed by atoms with E-state index in [0.717, 1.165) is 42.8 Å². The van der Waals surface area contributed by atoms with Gasteiger partial charge in [0.1, 0.15) is 12.4 Å². The topological polar surface area (TPSA) is 50.4 Å². The molecule has 1 amide bonds. The normalized spacial score (nSPS) is 14.3. The molecule has 2 N–H and O–H groups in total. The second-order valence-corrected chi connectivity index (χ2v) is 6.77. The summed E-state index contributed by atoms with van der Waals surface area (Å²) in [5.41, 5.74) is 2.01. The average molecular weight is 395 g/mol. The molecule has 0 atom stereocenters. The van der Waals surface area contributed by atoms with Crippen LogP contribution in [0.25, 0.3) is 0 Å². The molecule has 0 aliphatic carbocycles. The Morgan fingerprint density at radius 2 is 1.85 bits per heavy atom. The molecule has 0 aromatic heterocycles. The molecule has 4 nitrogen and oxygen atoms in total. The van der Waals surface area contributed by atoms with E-state index in [1.807, 2.05) is 48.5 Å². The molecule has 0 unspecified atom stereocenters. The molecule has 0 bridgehead atoms. The minimum absolute atomic E-state index is 0. The van der Waals surface area contributed by atoms with Crippen LogP contribution in [-0.4, -0.2) is 25.0 Å². The zero-order valence-corrected chi connectivity index (χ0v) is 16.1. The monoisotopic (exact) mass is 394 g/mol. The summed E-state index contributed by atoms with van der Waals surface area (Å²) in [5.74, 6) is 0.837. The number of carbonyl (C=O) groups excluding carboxylic acids is 1. The molecule has 1 heterocycles. The van der Waals surface area contributed by atoms with Crippen molar-refractivity contribution >= 4 is 29.9 Å². The second kappa shape index (κ2) is 10.4. The first-order chi connectivity index (χ1) is 12.2. The van der Waals surface area contributed by atoms with E-state index in [4.69, 9.17) is 16.3 Å². The smallest absolute Gasteiger partial charge is 0.224 e. The van der Waals surface area contributed by atoms with Crippen LogP contribution in [0.1, 0.15) is 24.0 Å². The zero-order valence-electron chi connectivity index (χ0n) is 14.5. The maximum Gasteiger partial charge on any atom is 0.224 e. The van der Waals surface area contributed by atoms with Gasteiger partial charge in [-0.1, -0.05) is 35.9 Å². The molecule has 0 spiro atoms. The molecular formula is C20H24Cl2N2O2. The average Bonchev–Trinajstić information content (AvgIpc) is 2.62. The van der Waals surface area contributed by atoms with Crippen LogP contribution in [0.5, 0.6) is 5.75 Å². The Morgan fingerprint density at radius 1 is 1.12 bits per heavy atom. The van der Waals surface area contributed by atoms with Crippen molar-refractivity contribution in [3.63, 3.8) is 0 Å². The van der Waals surface area contributed by atoms with Crippen LogP contribution in [0.15, 0.2) is 48.5 Å². The minimum atomic E-state index is 0. The van der Waals surface area contributed by atoms with Gasteiger partial charge < -0.3 is 15.4 Å². The molecule has 1 aliphatic heterocycles. The van der Waals surface area contributed by atoms with Gasteiger partial charge in [0, 0.05) is 11.1 Å². The Morgan fingerprint density at radius 3 is 2.58 bits per heavy atom. The Labute approximate surface area is 165 Å². The van der Waals surface area contributed by atoms with E-state index in [1.54, 1.807) is 0 Å². The van der Waals surface area contributed by atoms with Gasteiger partial charge in [0.05, 0.1) is 6.42 Å². The van der Waals surface area contributed by atoms with Gasteiger partial charge >= 0.3 is 0 Å². The van der Waals surface area contributed by atoms with E-state index in [2.05, 4.69) is 10.6 Å². The Balaban J connectivity index is 0.00000243. The van der Waals surface area contributed by atoms with Gasteiger partial charge in [-0.15, -0.1) is 12.4 Å². The maximum atomic E-state index is 12.2. The Kier molecular flexibility index (Phi) is 8.23. The van der Waals surface area contributed by atoms with E-state index < -0.39 is 0 Å². The molecule has 140 valence electrons. The molecule has 0 saturated carbocycles. The van der Waals surface area contributed by atoms with E-state index >= 15 is 0 Å². The minimum Gasteiger partial charge on any atom is -0.489 e. The van der Waals surface area contributed by atoms with Crippen LogP contribution in [0.4, 0.5) is 0 Å². The first kappa shape index (κ1) is 20.6. The highest BCUT2D eigenvalue weighted by molar-refractivity contribution is 6.30. The fourth-order valence-electron chi connectivity index (χ4n) is 2.92. The van der Waals surface area contributed by atoms with Gasteiger partial charge in [-0.2, -0.15) is 0 Å². The second-order valence-electron chi connectivity index (χ2n) is 6.33. The highest BCUT2D eigenvalue weighted by atomic mass is 35.5. The predicted octanol–water partition coefficient (Wildman–Crippen LogP) is 3.75. The first-order valence-electron chi connectivity index (χ1n) is 8.65. The van der Waals surface area contributed by atoms with E-state index in [1.165, 1.54) is 0 Å². The molecule has 1 fully saturated rings. The molecule has 26 heavy (non-hydrogen) atoms. The van der Waals surface area contributed by atoms with E-state index in [9.17, 15) is 4.79 Å². The first-order valence-corrected chi connectivity index (χ1v) is 9.03. The highest BCUT2D eigenvalue weighted by Gasteiger charge is 2.15. The van der Waals surface area contributed by atoms with Crippen LogP contribution in [0.3, 0.4) is 0 Å². The van der Waals surface area contributed by atoms with Crippen LogP contribution >= 0.6 is 24.0 Å². The number of hydrogen-bond acceptors (Lipinski definition) is 3. The SMILES string of the molecule is Cl.O=C(Cc1cccc(OCc2ccc(Cl)cc2)c1)NC1CCNCC1. The van der Waals surface area contributed by atoms with Gasteiger partial charge in [-0.25, -0.2) is 0 Å². The number of halogens is 2. The van der Waals surface area contributed by atoms with Crippen molar-refractivity contribution in [3.05, 3.63) is 64.7 Å². The fraction of sp³-hybridized carbons (Fsp3) is 0.350. The van der Waals surface area contributed by atoms with Crippen LogP contribution < -0.4 is 15.4 Å². The van der Waals surface area contributed by atoms with Gasteiger partial charge in [-0.05, 0) is 61.3 Å². The standard InChI is InChI=1S/C20H23ClN2O2.ClH/c21-17-6-4-15(5-7-17)14-25-19-3-1-2-16(12-19)13-20(24)23-18-8-10-22-11-9-18;/h1-7,12,18,22H,8-11,13-14H2,(H,23,24);1H. The summed E-state index contributed by atoms with van der Waals surface area (Å²) in [6.07, 6.45) is 2.37. The molecule has 3 rings (SSSR count). The van der Waals surface area contributed by atoms with Crippen molar-refractivity contribution in [1.29, 1.82) is 0 Å². The highest BCUT2D eigenvalue weighted by Crippen LogP contribution is 2.17. The van der Waals surface area contributed by atoms with E-state index in [0.29, 0.717) is 18.1 Å². The van der Waals surface area contributed by atoms with Crippen LogP contribution in [-0.2, 0) is 17.8 Å². The van der Waals surface area contributed by atoms with Crippen molar-refractivity contribution in [2.24, 2.45) is 0 Å². The third-order valence-corrected chi connectivity index (χ3v) is 4.54. The summed E-state index contributed by atoms with van der Waals surface area (Å²) in [5, 5.41) is 7.13. The lowest BCUT2D eigenvalue weighted by Crippen LogP contribution is -2.43. The van der Waals surface area contributed by atoms with Crippen LogP contribution in [0.2, 0.25) is 5.02 Å². The van der Waals surface area contributed by atoms with Crippen molar-refractivity contribution in [1.82, 2.24) is 10.6 Å². The number of hydrogen-bond donors (Lipinski definition) is 2. The number of benzene rings is 2. The van der Waals surface area contributed by atoms with Crippen molar-refractivity contribution in [2.45, 2.75) is 31.9 Å². The largest absolute Gasteiger partial charge is 0.489 e. The lowest BCUT2D eigenvalue weighted by molar-refractivity contribution is -0.121. The number of nitrogens with one attached hydrogen (secondary N) is 2. The Hall–Kier alpha value is -1.75. The maximum absolute atomic E-state index is 12.2. The van der Waals surface area contributed by atoms with Gasteiger partial charge in [-0.3, -0.25) is 4.79 Å². The zero-order chi connectivity index (χ0) is 17.5. The molecule has 0 radical (unpaired) electrons. The fourth-order valence-corrected chi connectivity index (χ4v) is 3.05. The number of piperidine rings is 1. The molecule has 2 aromatic carbocycles. The van der Waals surface area contributed by atoms with Crippen molar-refractivity contribution in [3.8, 4) is 5.75 Å². The number of ether oxygens (including phenoxy) is 1. The van der Waals surface area contributed by atoms with Gasteiger partial charge in [0.2, 0.25) is 5.91 Å².